The van der Waals surface area contributed by atoms with Crippen LogP contribution in [-0.2, 0) is 0 Å². The number of benzene rings is 1. The molecule has 100 valence electrons. The standard InChI is InChI=1S/C13H7ClN2O4/c14-7-4-8(6-15-5-7)19-12(17)9-2-1-3-10-11(9)20-13(18)16-10/h1-6H,(H,16,18). The lowest BCUT2D eigenvalue weighted by Crippen LogP contribution is -2.09. The number of aromatic nitrogens is 2. The maximum Gasteiger partial charge on any atom is 0.417 e. The van der Waals surface area contributed by atoms with Gasteiger partial charge in [-0.1, -0.05) is 17.7 Å². The zero-order chi connectivity index (χ0) is 14.1. The van der Waals surface area contributed by atoms with Gasteiger partial charge >= 0.3 is 11.7 Å². The van der Waals surface area contributed by atoms with Gasteiger partial charge in [0, 0.05) is 12.3 Å². The molecule has 3 rings (SSSR count). The fourth-order valence-electron chi connectivity index (χ4n) is 1.74. The van der Waals surface area contributed by atoms with Gasteiger partial charge in [0.05, 0.1) is 16.7 Å². The lowest BCUT2D eigenvalue weighted by molar-refractivity contribution is 0.0735. The number of nitrogens with zero attached hydrogens (tertiary/aromatic N) is 1. The number of pyridine rings is 1. The van der Waals surface area contributed by atoms with Gasteiger partial charge in [0.1, 0.15) is 5.56 Å². The second-order valence-corrected chi connectivity index (χ2v) is 4.36. The number of nitrogens with one attached hydrogen (secondary N) is 1. The summed E-state index contributed by atoms with van der Waals surface area (Å²) in [6.07, 6.45) is 2.78. The van der Waals surface area contributed by atoms with Crippen molar-refractivity contribution in [1.29, 1.82) is 0 Å². The van der Waals surface area contributed by atoms with Crippen molar-refractivity contribution in [3.8, 4) is 5.75 Å². The molecule has 2 heterocycles. The zero-order valence-corrected chi connectivity index (χ0v) is 10.7. The minimum atomic E-state index is -0.664. The first kappa shape index (κ1) is 12.4. The Kier molecular flexibility index (Phi) is 3.00. The van der Waals surface area contributed by atoms with E-state index in [1.807, 2.05) is 0 Å². The molecule has 0 unspecified atom stereocenters. The second kappa shape index (κ2) is 4.82. The number of hydrogen-bond acceptors (Lipinski definition) is 5. The molecule has 0 spiro atoms. The van der Waals surface area contributed by atoms with Crippen molar-refractivity contribution in [3.63, 3.8) is 0 Å². The number of carbonyl (C=O) groups excluding carboxylic acids is 1. The number of carbonyl (C=O) groups is 1. The Labute approximate surface area is 117 Å². The minimum absolute atomic E-state index is 0.140. The Morgan fingerprint density at radius 1 is 1.35 bits per heavy atom. The Balaban J connectivity index is 1.98. The highest BCUT2D eigenvalue weighted by Crippen LogP contribution is 2.20. The van der Waals surface area contributed by atoms with E-state index in [1.165, 1.54) is 24.5 Å². The highest BCUT2D eigenvalue weighted by atomic mass is 35.5. The van der Waals surface area contributed by atoms with Crippen molar-refractivity contribution >= 4 is 28.7 Å². The summed E-state index contributed by atoms with van der Waals surface area (Å²) in [5.74, 6) is -1.09. The molecule has 0 saturated heterocycles. The van der Waals surface area contributed by atoms with Crippen LogP contribution in [0.25, 0.3) is 11.1 Å². The molecule has 0 bridgehead atoms. The van der Waals surface area contributed by atoms with E-state index in [4.69, 9.17) is 20.8 Å². The van der Waals surface area contributed by atoms with Crippen molar-refractivity contribution in [2.45, 2.75) is 0 Å². The SMILES string of the molecule is O=C(Oc1cncc(Cl)c1)c1cccc2[nH]c(=O)oc12. The summed E-state index contributed by atoms with van der Waals surface area (Å²) < 4.78 is 10.1. The van der Waals surface area contributed by atoms with E-state index in [0.29, 0.717) is 10.5 Å². The summed E-state index contributed by atoms with van der Waals surface area (Å²) in [5, 5.41) is 0.349. The third-order valence-corrected chi connectivity index (χ3v) is 2.76. The van der Waals surface area contributed by atoms with Crippen molar-refractivity contribution in [2.75, 3.05) is 0 Å². The fourth-order valence-corrected chi connectivity index (χ4v) is 1.91. The number of aromatic amines is 1. The molecular formula is C13H7ClN2O4. The largest absolute Gasteiger partial charge is 0.421 e. The number of ether oxygens (including phenoxy) is 1. The number of hydrogen-bond donors (Lipinski definition) is 1. The van der Waals surface area contributed by atoms with Crippen LogP contribution in [-0.4, -0.2) is 15.9 Å². The van der Waals surface area contributed by atoms with Crippen LogP contribution in [0.3, 0.4) is 0 Å². The molecule has 6 nitrogen and oxygen atoms in total. The lowest BCUT2D eigenvalue weighted by atomic mass is 10.2. The average Bonchev–Trinajstić information content (AvgIpc) is 2.78. The van der Waals surface area contributed by atoms with E-state index in [2.05, 4.69) is 9.97 Å². The van der Waals surface area contributed by atoms with Gasteiger partial charge in [-0.2, -0.15) is 0 Å². The van der Waals surface area contributed by atoms with Crippen molar-refractivity contribution in [2.24, 2.45) is 0 Å². The van der Waals surface area contributed by atoms with Gasteiger partial charge in [-0.3, -0.25) is 9.97 Å². The summed E-state index contributed by atoms with van der Waals surface area (Å²) in [7, 11) is 0. The molecule has 7 heteroatoms. The number of oxazole rings is 1. The number of fused-ring (bicyclic) bond motifs is 1. The molecule has 1 N–H and O–H groups in total. The van der Waals surface area contributed by atoms with Gasteiger partial charge in [-0.25, -0.2) is 9.59 Å². The summed E-state index contributed by atoms with van der Waals surface area (Å²) in [5.41, 5.74) is 0.715. The molecular weight excluding hydrogens is 284 g/mol. The van der Waals surface area contributed by atoms with Gasteiger partial charge in [-0.05, 0) is 12.1 Å². The smallest absolute Gasteiger partial charge is 0.417 e. The zero-order valence-electron chi connectivity index (χ0n) is 9.92. The molecule has 0 aliphatic carbocycles. The maximum absolute atomic E-state index is 12.1. The maximum atomic E-state index is 12.1. The van der Waals surface area contributed by atoms with E-state index in [9.17, 15) is 9.59 Å². The molecule has 0 aliphatic rings. The van der Waals surface area contributed by atoms with Gasteiger partial charge in [-0.15, -0.1) is 0 Å². The molecule has 2 aromatic heterocycles. The third kappa shape index (κ3) is 2.28. The first-order valence-corrected chi connectivity index (χ1v) is 5.96. The molecule has 0 saturated carbocycles. The Morgan fingerprint density at radius 2 is 2.20 bits per heavy atom. The van der Waals surface area contributed by atoms with Gasteiger partial charge in [0.15, 0.2) is 11.3 Å². The van der Waals surface area contributed by atoms with Crippen LogP contribution in [0, 0.1) is 0 Å². The quantitative estimate of drug-likeness (QED) is 0.732. The van der Waals surface area contributed by atoms with E-state index < -0.39 is 11.7 Å². The Bertz CT molecular complexity index is 853. The molecule has 0 amide bonds. The minimum Gasteiger partial charge on any atom is -0.421 e. The first-order valence-electron chi connectivity index (χ1n) is 5.58. The van der Waals surface area contributed by atoms with Crippen LogP contribution in [0.5, 0.6) is 5.75 Å². The molecule has 0 fully saturated rings. The molecule has 20 heavy (non-hydrogen) atoms. The summed E-state index contributed by atoms with van der Waals surface area (Å²) in [6, 6.07) is 6.19. The monoisotopic (exact) mass is 290 g/mol. The van der Waals surface area contributed by atoms with Crippen molar-refractivity contribution < 1.29 is 13.9 Å². The van der Waals surface area contributed by atoms with E-state index in [-0.39, 0.29) is 16.9 Å². The van der Waals surface area contributed by atoms with Crippen LogP contribution < -0.4 is 10.5 Å². The van der Waals surface area contributed by atoms with Gasteiger partial charge < -0.3 is 9.15 Å². The predicted molar refractivity (Wildman–Crippen MR) is 71.0 cm³/mol. The normalized spacial score (nSPS) is 10.7. The summed E-state index contributed by atoms with van der Waals surface area (Å²) in [6.45, 7) is 0. The highest BCUT2D eigenvalue weighted by Gasteiger charge is 2.16. The molecule has 0 atom stereocenters. The van der Waals surface area contributed by atoms with Crippen molar-refractivity contribution in [3.05, 3.63) is 57.8 Å². The number of rotatable bonds is 2. The molecule has 3 aromatic rings. The summed E-state index contributed by atoms with van der Waals surface area (Å²) >= 11 is 5.75. The van der Waals surface area contributed by atoms with E-state index >= 15 is 0 Å². The van der Waals surface area contributed by atoms with Crippen LogP contribution in [0.1, 0.15) is 10.4 Å². The van der Waals surface area contributed by atoms with Crippen LogP contribution in [0.2, 0.25) is 5.02 Å². The highest BCUT2D eigenvalue weighted by molar-refractivity contribution is 6.30. The topological polar surface area (TPSA) is 85.2 Å². The van der Waals surface area contributed by atoms with Crippen LogP contribution >= 0.6 is 11.6 Å². The Hall–Kier alpha value is -2.60. The molecule has 1 aromatic carbocycles. The van der Waals surface area contributed by atoms with Gasteiger partial charge in [0.2, 0.25) is 0 Å². The van der Waals surface area contributed by atoms with Gasteiger partial charge in [0.25, 0.3) is 0 Å². The molecule has 0 aliphatic heterocycles. The average molecular weight is 291 g/mol. The van der Waals surface area contributed by atoms with E-state index in [0.717, 1.165) is 0 Å². The fraction of sp³-hybridized carbons (Fsp3) is 0. The van der Waals surface area contributed by atoms with Crippen LogP contribution in [0.15, 0.2) is 45.9 Å². The van der Waals surface area contributed by atoms with Crippen molar-refractivity contribution in [1.82, 2.24) is 9.97 Å². The van der Waals surface area contributed by atoms with E-state index in [1.54, 1.807) is 12.1 Å². The number of halogens is 1. The first-order chi connectivity index (χ1) is 9.63. The third-order valence-electron chi connectivity index (χ3n) is 2.56. The predicted octanol–water partition coefficient (Wildman–Crippen LogP) is 2.39. The number of para-hydroxylation sites is 1. The second-order valence-electron chi connectivity index (χ2n) is 3.93. The van der Waals surface area contributed by atoms with Crippen LogP contribution in [0.4, 0.5) is 0 Å². The Morgan fingerprint density at radius 3 is 3.00 bits per heavy atom. The lowest BCUT2D eigenvalue weighted by Gasteiger charge is -2.04. The number of esters is 1. The molecule has 0 radical (unpaired) electrons. The number of H-pyrrole nitrogens is 1. The summed E-state index contributed by atoms with van der Waals surface area (Å²) in [4.78, 5) is 29.5.